The van der Waals surface area contributed by atoms with Crippen molar-refractivity contribution < 1.29 is 23.9 Å². The summed E-state index contributed by atoms with van der Waals surface area (Å²) in [4.78, 5) is 27.5. The molecule has 0 saturated carbocycles. The molecule has 0 bridgehead atoms. The second kappa shape index (κ2) is 2.36. The van der Waals surface area contributed by atoms with Crippen LogP contribution in [0.25, 0.3) is 0 Å². The monoisotopic (exact) mass is 126 g/mol. The van der Waals surface area contributed by atoms with Crippen molar-refractivity contribution in [3.8, 4) is 0 Å². The Bertz CT molecular complexity index is 46.5. The van der Waals surface area contributed by atoms with E-state index in [-0.39, 0.29) is 0 Å². The molecule has 5 nitrogen and oxygen atoms in total. The van der Waals surface area contributed by atoms with Crippen LogP contribution in [0.2, 0.25) is 0 Å². The number of hydrogen-bond acceptors (Lipinski definition) is 5. The summed E-state index contributed by atoms with van der Waals surface area (Å²) in [5.41, 5.74) is 0. The maximum Gasteiger partial charge on any atom is 0.699 e. The third-order valence-corrected chi connectivity index (χ3v) is 0.585. The fourth-order valence-corrected chi connectivity index (χ4v) is 0.335. The minimum absolute atomic E-state index is 1.06. The van der Waals surface area contributed by atoms with Gasteiger partial charge < -0.3 is 14.4 Å². The standard InChI is InChI=1S/CH6O5Si/c1-5-6-7(2,3)4/h2-4H,1H3. The van der Waals surface area contributed by atoms with E-state index in [0.29, 0.717) is 0 Å². The highest BCUT2D eigenvalue weighted by Crippen LogP contribution is 1.85. The van der Waals surface area contributed by atoms with Gasteiger partial charge in [-0.2, -0.15) is 4.58 Å². The third kappa shape index (κ3) is 6.02. The lowest BCUT2D eigenvalue weighted by Crippen LogP contribution is -2.38. The Labute approximate surface area is 41.2 Å². The Morgan fingerprint density at radius 2 is 1.71 bits per heavy atom. The molecule has 0 aromatic carbocycles. The third-order valence-electron chi connectivity index (χ3n) is 0.195. The molecule has 0 amide bonds. The molecule has 0 fully saturated rings. The molecule has 3 N–H and O–H groups in total. The zero-order chi connectivity index (χ0) is 5.91. The van der Waals surface area contributed by atoms with Crippen LogP contribution in [0.1, 0.15) is 0 Å². The molecule has 0 atom stereocenters. The molecular weight excluding hydrogens is 120 g/mol. The lowest BCUT2D eigenvalue weighted by molar-refractivity contribution is -0.239. The summed E-state index contributed by atoms with van der Waals surface area (Å²) in [7, 11) is -3.32. The van der Waals surface area contributed by atoms with Gasteiger partial charge in [0.1, 0.15) is 0 Å². The molecule has 0 aliphatic carbocycles. The smallest absolute Gasteiger partial charge is 0.366 e. The summed E-state index contributed by atoms with van der Waals surface area (Å²) >= 11 is 0. The molecule has 0 saturated heterocycles. The van der Waals surface area contributed by atoms with Gasteiger partial charge in [-0.05, 0) is 0 Å². The summed E-state index contributed by atoms with van der Waals surface area (Å²) in [6.45, 7) is 0. The van der Waals surface area contributed by atoms with Gasteiger partial charge in [-0.1, -0.05) is 0 Å². The summed E-state index contributed by atoms with van der Waals surface area (Å²) < 4.78 is 3.53. The summed E-state index contributed by atoms with van der Waals surface area (Å²) in [5, 5.41) is 0. The Kier molecular flexibility index (Phi) is 2.36. The van der Waals surface area contributed by atoms with Gasteiger partial charge in [-0.15, -0.1) is 0 Å². The summed E-state index contributed by atoms with van der Waals surface area (Å²) in [6.07, 6.45) is 0. The van der Waals surface area contributed by atoms with Gasteiger partial charge in [0, 0.05) is 0 Å². The lowest BCUT2D eigenvalue weighted by Gasteiger charge is -2.03. The van der Waals surface area contributed by atoms with Gasteiger partial charge in [-0.3, -0.25) is 0 Å². The average molecular weight is 126 g/mol. The van der Waals surface area contributed by atoms with Crippen molar-refractivity contribution in [3.63, 3.8) is 0 Å². The van der Waals surface area contributed by atoms with Gasteiger partial charge in [-0.25, -0.2) is 4.89 Å². The maximum absolute atomic E-state index is 7.92. The molecule has 0 rings (SSSR count). The zero-order valence-electron chi connectivity index (χ0n) is 3.66. The van der Waals surface area contributed by atoms with E-state index < -0.39 is 9.05 Å². The van der Waals surface area contributed by atoms with Crippen molar-refractivity contribution >= 4 is 9.05 Å². The van der Waals surface area contributed by atoms with E-state index in [1.807, 2.05) is 0 Å². The van der Waals surface area contributed by atoms with Gasteiger partial charge in [0.05, 0.1) is 7.11 Å². The zero-order valence-corrected chi connectivity index (χ0v) is 4.66. The molecule has 0 heterocycles. The highest BCUT2D eigenvalue weighted by Gasteiger charge is 2.31. The first-order valence-electron chi connectivity index (χ1n) is 1.45. The average Bonchev–Trinajstić information content (AvgIpc) is 1.30. The van der Waals surface area contributed by atoms with Crippen molar-refractivity contribution in [2.24, 2.45) is 0 Å². The normalized spacial score (nSPS) is 12.0. The van der Waals surface area contributed by atoms with E-state index in [4.69, 9.17) is 14.4 Å². The van der Waals surface area contributed by atoms with Crippen LogP contribution in [0.4, 0.5) is 0 Å². The van der Waals surface area contributed by atoms with E-state index in [1.165, 1.54) is 0 Å². The number of hydrogen-bond donors (Lipinski definition) is 3. The number of rotatable bonds is 2. The molecule has 6 heteroatoms. The predicted molar refractivity (Wildman–Crippen MR) is 20.5 cm³/mol. The largest absolute Gasteiger partial charge is 0.699 e. The first kappa shape index (κ1) is 7.02. The van der Waals surface area contributed by atoms with Crippen molar-refractivity contribution in [2.75, 3.05) is 7.11 Å². The minimum Gasteiger partial charge on any atom is -0.366 e. The molecule has 44 valence electrons. The fourth-order valence-electron chi connectivity index (χ4n) is 0.112. The van der Waals surface area contributed by atoms with Gasteiger partial charge in [0.2, 0.25) is 0 Å². The first-order valence-corrected chi connectivity index (χ1v) is 3.20. The van der Waals surface area contributed by atoms with E-state index in [0.717, 1.165) is 7.11 Å². The minimum atomic E-state index is -4.38. The van der Waals surface area contributed by atoms with Crippen LogP contribution < -0.4 is 0 Å². The van der Waals surface area contributed by atoms with Crippen molar-refractivity contribution in [2.45, 2.75) is 0 Å². The quantitative estimate of drug-likeness (QED) is 0.226. The van der Waals surface area contributed by atoms with Crippen LogP contribution in [-0.2, 0) is 9.46 Å². The van der Waals surface area contributed by atoms with Gasteiger partial charge in [0.25, 0.3) is 0 Å². The van der Waals surface area contributed by atoms with Crippen molar-refractivity contribution in [3.05, 3.63) is 0 Å². The van der Waals surface area contributed by atoms with E-state index in [9.17, 15) is 0 Å². The van der Waals surface area contributed by atoms with Crippen LogP contribution >= 0.6 is 0 Å². The molecule has 0 spiro atoms. The highest BCUT2D eigenvalue weighted by atomic mass is 28.4. The van der Waals surface area contributed by atoms with Crippen LogP contribution in [0.15, 0.2) is 0 Å². The molecular formula is CH6O5Si. The Morgan fingerprint density at radius 1 is 1.29 bits per heavy atom. The SMILES string of the molecule is COO[Si](O)(O)O. The van der Waals surface area contributed by atoms with Crippen LogP contribution in [0.5, 0.6) is 0 Å². The topological polar surface area (TPSA) is 79.2 Å². The van der Waals surface area contributed by atoms with Crippen LogP contribution in [0, 0.1) is 0 Å². The molecule has 7 heavy (non-hydrogen) atoms. The van der Waals surface area contributed by atoms with Crippen LogP contribution in [-0.4, -0.2) is 30.5 Å². The molecule has 0 aliphatic rings. The van der Waals surface area contributed by atoms with Gasteiger partial charge >= 0.3 is 9.05 Å². The molecule has 0 aromatic rings. The Morgan fingerprint density at radius 3 is 1.71 bits per heavy atom. The predicted octanol–water partition coefficient (Wildman–Crippen LogP) is -2.02. The van der Waals surface area contributed by atoms with E-state index in [1.54, 1.807) is 0 Å². The highest BCUT2D eigenvalue weighted by molar-refractivity contribution is 6.48. The molecule has 0 aliphatic heterocycles. The second-order valence-electron chi connectivity index (χ2n) is 0.824. The maximum atomic E-state index is 7.92. The molecule has 0 aromatic heterocycles. The Hall–Kier alpha value is 0.0169. The lowest BCUT2D eigenvalue weighted by atomic mass is 11.8. The summed E-state index contributed by atoms with van der Waals surface area (Å²) in [6, 6.07) is 0. The molecule has 0 radical (unpaired) electrons. The fraction of sp³-hybridized carbons (Fsp3) is 1.00. The van der Waals surface area contributed by atoms with Crippen LogP contribution in [0.3, 0.4) is 0 Å². The van der Waals surface area contributed by atoms with E-state index >= 15 is 0 Å². The second-order valence-corrected chi connectivity index (χ2v) is 2.14. The van der Waals surface area contributed by atoms with E-state index in [2.05, 4.69) is 9.46 Å². The molecule has 0 unspecified atom stereocenters. The first-order chi connectivity index (χ1) is 3.06. The van der Waals surface area contributed by atoms with Crippen molar-refractivity contribution in [1.82, 2.24) is 0 Å². The van der Waals surface area contributed by atoms with Crippen molar-refractivity contribution in [1.29, 1.82) is 0 Å². The van der Waals surface area contributed by atoms with Gasteiger partial charge in [0.15, 0.2) is 0 Å². The Balaban J connectivity index is 3.15. The summed E-state index contributed by atoms with van der Waals surface area (Å²) in [5.74, 6) is 0.